The van der Waals surface area contributed by atoms with Crippen molar-refractivity contribution in [2.45, 2.75) is 38.9 Å². The Morgan fingerprint density at radius 2 is 1.06 bits per heavy atom. The molecule has 6 heterocycles. The summed E-state index contributed by atoms with van der Waals surface area (Å²) in [4.78, 5) is 72.6. The predicted molar refractivity (Wildman–Crippen MR) is 260 cm³/mol. The summed E-state index contributed by atoms with van der Waals surface area (Å²) in [6, 6.07) is 12.6. The van der Waals surface area contributed by atoms with E-state index in [1.54, 1.807) is 50.2 Å². The number of nitrogens with zero attached hydrogens (tertiary/aromatic N) is 7. The van der Waals surface area contributed by atoms with Gasteiger partial charge < -0.3 is 88.8 Å². The van der Waals surface area contributed by atoms with Crippen LogP contribution < -0.4 is 138 Å². The van der Waals surface area contributed by atoms with E-state index in [9.17, 15) is 32.7 Å². The van der Waals surface area contributed by atoms with Crippen LogP contribution in [0.1, 0.15) is 27.7 Å². The van der Waals surface area contributed by atoms with Crippen molar-refractivity contribution in [2.75, 3.05) is 80.9 Å². The fourth-order valence-corrected chi connectivity index (χ4v) is 7.13. The number of fused-ring (bicyclic) bond motifs is 2. The number of benzene rings is 2. The molecule has 32 heteroatoms. The van der Waals surface area contributed by atoms with E-state index in [1.807, 2.05) is 0 Å². The number of hydrogen-bond donors (Lipinski definition) is 5. The van der Waals surface area contributed by atoms with E-state index in [4.69, 9.17) is 37.9 Å². The number of ether oxygens (including phenoxy) is 8. The Kier molecular flexibility index (Phi) is 21.4. The molecule has 7 N–H and O–H groups in total. The van der Waals surface area contributed by atoms with Gasteiger partial charge in [0.1, 0.15) is 18.4 Å². The maximum absolute atomic E-state index is 14.7. The minimum absolute atomic E-state index is 0. The zero-order valence-electron chi connectivity index (χ0n) is 43.5. The molecular weight excluding hydrogens is 1060 g/mol. The van der Waals surface area contributed by atoms with Crippen molar-refractivity contribution in [2.24, 2.45) is 0 Å². The second-order valence-electron chi connectivity index (χ2n) is 16.3. The van der Waals surface area contributed by atoms with Gasteiger partial charge in [-0.15, -0.1) is 0 Å². The van der Waals surface area contributed by atoms with Crippen LogP contribution in [-0.4, -0.2) is 108 Å². The molecule has 2 aromatic carbocycles. The van der Waals surface area contributed by atoms with Gasteiger partial charge in [-0.25, -0.2) is 28.7 Å². The number of nitrogens with one attached hydrogen (secondary N) is 5. The molecule has 8 rings (SSSR count). The Labute approximate surface area is 482 Å². The Morgan fingerprint density at radius 3 is 1.49 bits per heavy atom. The first-order valence-corrected chi connectivity index (χ1v) is 23.0. The Hall–Kier alpha value is -6.63. The number of carbonyl (C=O) groups is 2. The molecule has 400 valence electrons. The van der Waals surface area contributed by atoms with Gasteiger partial charge in [0.15, 0.2) is 80.6 Å². The van der Waals surface area contributed by atoms with Crippen LogP contribution in [0, 0.1) is 11.6 Å². The van der Waals surface area contributed by atoms with Gasteiger partial charge in [0.2, 0.25) is 23.4 Å². The van der Waals surface area contributed by atoms with Gasteiger partial charge in [0, 0.05) is 35.6 Å². The van der Waals surface area contributed by atoms with E-state index in [1.165, 1.54) is 68.6 Å². The number of halogens is 2. The standard InChI is InChI=1S/C23H26FN6O9P.C22H23FN6O5.2Na.H2O/c1-23(2)21(31)30(11-38-40(32,33)34)20-14(39-23)6-7-17(28-20)27-19-13(24)10-25-22(29-19)26-12-8-15(35-3)18(37-5)16(9-12)36-4;1-22(2)20(30)28-19-13(34-22)6-7-16(27-19)26-18-12(23)10-24-21(29-18)25-11-8-14(31-3)17(33-5)15(9-11)32-4;;;/h6-10H,11H2,1-5H3,(H2,32,33,34)(H2,25,26,27,28,29);6-10H,1-5H3,(H3,24,25,26,27,28,29,30);;;1H2/q;;2*+1;/p-2. The van der Waals surface area contributed by atoms with Crippen LogP contribution in [0.3, 0.4) is 0 Å². The van der Waals surface area contributed by atoms with Crippen molar-refractivity contribution in [3.05, 3.63) is 72.6 Å². The van der Waals surface area contributed by atoms with Gasteiger partial charge in [-0.05, 0) is 52.0 Å². The fourth-order valence-electron chi connectivity index (χ4n) is 6.87. The monoisotopic (exact) mass is 1110 g/mol. The third-order valence-corrected chi connectivity index (χ3v) is 10.8. The average Bonchev–Trinajstić information content (AvgIpc) is 3.35. The van der Waals surface area contributed by atoms with E-state index >= 15 is 0 Å². The number of anilines is 10. The zero-order valence-corrected chi connectivity index (χ0v) is 48.4. The van der Waals surface area contributed by atoms with Gasteiger partial charge in [0.25, 0.3) is 11.8 Å². The molecule has 0 unspecified atom stereocenters. The third kappa shape index (κ3) is 14.9. The summed E-state index contributed by atoms with van der Waals surface area (Å²) in [5, 5.41) is 14.1. The van der Waals surface area contributed by atoms with E-state index in [0.29, 0.717) is 51.6 Å². The number of methoxy groups -OCH3 is 6. The smallest absolute Gasteiger partial charge is 0.790 e. The number of pyridine rings is 2. The number of phosphoric ester groups is 1. The second-order valence-corrected chi connectivity index (χ2v) is 17.4. The van der Waals surface area contributed by atoms with Crippen LogP contribution in [0.15, 0.2) is 60.9 Å². The topological polar surface area (TPSA) is 353 Å². The summed E-state index contributed by atoms with van der Waals surface area (Å²) in [6.07, 6.45) is 1.94. The first-order chi connectivity index (χ1) is 35.1. The molecule has 2 amide bonds. The molecule has 0 spiro atoms. The van der Waals surface area contributed by atoms with Gasteiger partial charge >= 0.3 is 59.1 Å². The van der Waals surface area contributed by atoms with Crippen molar-refractivity contribution >= 4 is 77.8 Å². The van der Waals surface area contributed by atoms with Crippen molar-refractivity contribution in [3.63, 3.8) is 0 Å². The summed E-state index contributed by atoms with van der Waals surface area (Å²) in [5.41, 5.74) is -1.45. The van der Waals surface area contributed by atoms with Crippen LogP contribution in [0.4, 0.5) is 67.0 Å². The molecule has 0 aliphatic carbocycles. The zero-order chi connectivity index (χ0) is 53.7. The van der Waals surface area contributed by atoms with E-state index in [2.05, 4.69) is 61.0 Å². The Bertz CT molecular complexity index is 3120. The molecule has 2 aliphatic rings. The number of phosphoric acid groups is 1. The number of aromatic nitrogens is 6. The number of rotatable bonds is 17. The van der Waals surface area contributed by atoms with Gasteiger partial charge in [-0.2, -0.15) is 9.97 Å². The van der Waals surface area contributed by atoms with Crippen molar-refractivity contribution in [1.82, 2.24) is 29.9 Å². The molecule has 0 saturated heterocycles. The summed E-state index contributed by atoms with van der Waals surface area (Å²) in [5.74, 6) is 0.295. The molecule has 77 heavy (non-hydrogen) atoms. The van der Waals surface area contributed by atoms with Crippen LogP contribution in [0.25, 0.3) is 0 Å². The average molecular weight is 1110 g/mol. The van der Waals surface area contributed by atoms with Gasteiger partial charge in [-0.1, -0.05) is 0 Å². The molecule has 0 saturated carbocycles. The summed E-state index contributed by atoms with van der Waals surface area (Å²) >= 11 is 0. The number of carbonyl (C=O) groups excluding carboxylic acids is 2. The molecule has 0 bridgehead atoms. The van der Waals surface area contributed by atoms with Gasteiger partial charge in [0.05, 0.1) is 62.9 Å². The molecular formula is C45H49F2N12Na2O15P. The van der Waals surface area contributed by atoms with Crippen LogP contribution in [0.2, 0.25) is 0 Å². The largest absolute Gasteiger partial charge is 1.00 e. The Balaban J connectivity index is 0.000000324. The minimum atomic E-state index is -5.41. The van der Waals surface area contributed by atoms with E-state index in [0.717, 1.165) is 17.3 Å². The molecule has 0 atom stereocenters. The van der Waals surface area contributed by atoms with E-state index in [-0.39, 0.29) is 123 Å². The maximum atomic E-state index is 14.7. The van der Waals surface area contributed by atoms with Crippen LogP contribution >= 0.6 is 7.82 Å². The third-order valence-electron chi connectivity index (χ3n) is 10.4. The maximum Gasteiger partial charge on any atom is 1.00 e. The molecule has 27 nitrogen and oxygen atoms in total. The summed E-state index contributed by atoms with van der Waals surface area (Å²) < 4.78 is 87.7. The predicted octanol–water partition coefficient (Wildman–Crippen LogP) is -1.35. The Morgan fingerprint density at radius 1 is 0.636 bits per heavy atom. The number of hydrogen-bond acceptors (Lipinski definition) is 24. The first kappa shape index (κ1) is 62.9. The van der Waals surface area contributed by atoms with Crippen LogP contribution in [-0.2, 0) is 18.7 Å². The van der Waals surface area contributed by atoms with Crippen LogP contribution in [0.5, 0.6) is 46.0 Å². The second kappa shape index (κ2) is 26.1. The normalized spacial score (nSPS) is 13.5. The molecule has 6 aromatic rings. The summed E-state index contributed by atoms with van der Waals surface area (Å²) in [7, 11) is 3.46. The minimum Gasteiger partial charge on any atom is -0.790 e. The molecule has 0 radical (unpaired) electrons. The quantitative estimate of drug-likeness (QED) is 0.0520. The molecule has 2 aliphatic heterocycles. The molecule has 4 aromatic heterocycles. The van der Waals surface area contributed by atoms with Crippen molar-refractivity contribution in [1.29, 1.82) is 0 Å². The van der Waals surface area contributed by atoms with Crippen molar-refractivity contribution in [3.8, 4) is 46.0 Å². The van der Waals surface area contributed by atoms with Crippen molar-refractivity contribution < 1.29 is 140 Å². The van der Waals surface area contributed by atoms with Gasteiger partial charge in [-0.3, -0.25) is 14.5 Å². The summed E-state index contributed by atoms with van der Waals surface area (Å²) in [6.45, 7) is 5.27. The molecule has 0 fully saturated rings. The number of amides is 2. The fraction of sp³-hybridized carbons (Fsp3) is 0.289. The van der Waals surface area contributed by atoms with E-state index < -0.39 is 43.3 Å². The first-order valence-electron chi connectivity index (χ1n) is 21.5. The SMILES string of the molecule is COc1cc(Nc2ncc(F)c(Nc3ccc4c(n3)N(COP(=O)([O-])[O-])C(=O)C(C)(C)O4)n2)cc(OC)c1OC.COc1cc(Nc2ncc(F)c(Nc3ccc4c(n3)NC(=O)C(C)(C)O4)n2)cc(OC)c1OC.O.[Na+].[Na+].